The van der Waals surface area contributed by atoms with Gasteiger partial charge >= 0.3 is 0 Å². The molecule has 4 heteroatoms. The number of carbonyl (C=O) groups is 1. The topological polar surface area (TPSA) is 58.6 Å². The Hall–Kier alpha value is -1.39. The van der Waals surface area contributed by atoms with Gasteiger partial charge in [-0.2, -0.15) is 0 Å². The van der Waals surface area contributed by atoms with Crippen LogP contribution in [-0.4, -0.2) is 36.9 Å². The molecule has 182 valence electrons. The first-order valence-corrected chi connectivity index (χ1v) is 13.3. The summed E-state index contributed by atoms with van der Waals surface area (Å²) in [5.74, 6) is 3.67. The lowest BCUT2D eigenvalue weighted by molar-refractivity contribution is -0.148. The lowest BCUT2D eigenvalue weighted by Gasteiger charge is -2.61. The molecule has 0 radical (unpaired) electrons. The Kier molecular flexibility index (Phi) is 6.14. The molecule has 0 spiro atoms. The van der Waals surface area contributed by atoms with Gasteiger partial charge in [-0.05, 0) is 110 Å². The summed E-state index contributed by atoms with van der Waals surface area (Å²) in [4.78, 5) is 12.7. The molecule has 8 atom stereocenters. The minimum atomic E-state index is -0.606. The maximum atomic E-state index is 12.7. The van der Waals surface area contributed by atoms with E-state index in [4.69, 9.17) is 4.74 Å². The van der Waals surface area contributed by atoms with Crippen LogP contribution in [0.5, 0.6) is 0 Å². The molecule has 2 N–H and O–H groups in total. The highest BCUT2D eigenvalue weighted by molar-refractivity contribution is 5.94. The van der Waals surface area contributed by atoms with Crippen molar-refractivity contribution in [2.75, 3.05) is 20.3 Å². The van der Waals surface area contributed by atoms with E-state index in [1.807, 2.05) is 30.3 Å². The highest BCUT2D eigenvalue weighted by Crippen LogP contribution is 2.70. The molecule has 0 saturated heterocycles. The summed E-state index contributed by atoms with van der Waals surface area (Å²) in [5.41, 5.74) is 0.821. The maximum absolute atomic E-state index is 12.7. The van der Waals surface area contributed by atoms with Gasteiger partial charge in [0.2, 0.25) is 0 Å². The number of hydrogen-bond acceptors (Lipinski definition) is 3. The van der Waals surface area contributed by atoms with Gasteiger partial charge in [-0.1, -0.05) is 32.0 Å². The zero-order valence-corrected chi connectivity index (χ0v) is 20.8. The van der Waals surface area contributed by atoms with E-state index in [9.17, 15) is 9.90 Å². The molecule has 0 bridgehead atoms. The SMILES string of the molecule is COC[C@@]1(O)CC[C@H]2[C@H](CC[C@@H]3[C@@H]2CC[C@]2(C)[C@@H](CNC(=O)c4ccccc4)CC[C@@]32C)C1. The third-order valence-corrected chi connectivity index (χ3v) is 11.1. The summed E-state index contributed by atoms with van der Waals surface area (Å²) in [6, 6.07) is 9.62. The van der Waals surface area contributed by atoms with Crippen LogP contribution in [0.25, 0.3) is 0 Å². The second kappa shape index (κ2) is 8.68. The molecule has 0 heterocycles. The molecule has 4 nitrogen and oxygen atoms in total. The summed E-state index contributed by atoms with van der Waals surface area (Å²) in [6.07, 6.45) is 10.7. The molecule has 0 aromatic heterocycles. The predicted octanol–water partition coefficient (Wildman–Crippen LogP) is 5.45. The molecule has 4 saturated carbocycles. The first kappa shape index (κ1) is 23.4. The number of aliphatic hydroxyl groups is 1. The largest absolute Gasteiger partial charge is 0.387 e. The summed E-state index contributed by atoms with van der Waals surface area (Å²) in [5, 5.41) is 14.3. The number of ether oxygens (including phenoxy) is 1. The molecule has 0 unspecified atom stereocenters. The normalized spacial score (nSPS) is 44.4. The van der Waals surface area contributed by atoms with Crippen LogP contribution in [0.1, 0.15) is 82.0 Å². The quantitative estimate of drug-likeness (QED) is 0.623. The van der Waals surface area contributed by atoms with Crippen LogP contribution in [0.2, 0.25) is 0 Å². The van der Waals surface area contributed by atoms with Gasteiger partial charge in [0.15, 0.2) is 0 Å². The van der Waals surface area contributed by atoms with Gasteiger partial charge < -0.3 is 15.2 Å². The van der Waals surface area contributed by atoms with E-state index >= 15 is 0 Å². The second-order valence-electron chi connectivity index (χ2n) is 12.4. The van der Waals surface area contributed by atoms with Gasteiger partial charge in [0.1, 0.15) is 0 Å². The van der Waals surface area contributed by atoms with Crippen molar-refractivity contribution < 1.29 is 14.6 Å². The number of fused-ring (bicyclic) bond motifs is 5. The van der Waals surface area contributed by atoms with Crippen LogP contribution in [0, 0.1) is 40.4 Å². The predicted molar refractivity (Wildman–Crippen MR) is 131 cm³/mol. The smallest absolute Gasteiger partial charge is 0.251 e. The van der Waals surface area contributed by atoms with E-state index < -0.39 is 5.60 Å². The van der Waals surface area contributed by atoms with Crippen LogP contribution >= 0.6 is 0 Å². The van der Waals surface area contributed by atoms with Gasteiger partial charge in [-0.25, -0.2) is 0 Å². The molecule has 4 aliphatic carbocycles. The molecule has 33 heavy (non-hydrogen) atoms. The van der Waals surface area contributed by atoms with Crippen molar-refractivity contribution >= 4 is 5.91 Å². The number of methoxy groups -OCH3 is 1. The van der Waals surface area contributed by atoms with Gasteiger partial charge in [-0.15, -0.1) is 0 Å². The fraction of sp³-hybridized carbons (Fsp3) is 0.759. The van der Waals surface area contributed by atoms with Crippen molar-refractivity contribution in [3.05, 3.63) is 35.9 Å². The Balaban J connectivity index is 1.27. The molecule has 1 aromatic carbocycles. The van der Waals surface area contributed by atoms with Gasteiger partial charge in [0, 0.05) is 19.2 Å². The number of benzene rings is 1. The van der Waals surface area contributed by atoms with E-state index in [0.717, 1.165) is 49.1 Å². The zero-order chi connectivity index (χ0) is 23.3. The third-order valence-electron chi connectivity index (χ3n) is 11.1. The number of carbonyl (C=O) groups excluding carboxylic acids is 1. The van der Waals surface area contributed by atoms with Crippen molar-refractivity contribution in [3.63, 3.8) is 0 Å². The average molecular weight is 454 g/mol. The van der Waals surface area contributed by atoms with Crippen molar-refractivity contribution in [2.45, 2.75) is 77.2 Å². The van der Waals surface area contributed by atoms with Crippen molar-refractivity contribution in [3.8, 4) is 0 Å². The van der Waals surface area contributed by atoms with E-state index in [2.05, 4.69) is 19.2 Å². The Morgan fingerprint density at radius 1 is 1.00 bits per heavy atom. The molecule has 1 amide bonds. The van der Waals surface area contributed by atoms with E-state index in [-0.39, 0.29) is 5.91 Å². The van der Waals surface area contributed by atoms with Crippen LogP contribution in [0.4, 0.5) is 0 Å². The first-order valence-electron chi connectivity index (χ1n) is 13.3. The molecule has 0 aliphatic heterocycles. The lowest BCUT2D eigenvalue weighted by Crippen LogP contribution is -2.56. The number of nitrogens with one attached hydrogen (secondary N) is 1. The minimum absolute atomic E-state index is 0.0627. The fourth-order valence-corrected chi connectivity index (χ4v) is 9.15. The lowest BCUT2D eigenvalue weighted by atomic mass is 9.44. The molecular weight excluding hydrogens is 410 g/mol. The Morgan fingerprint density at radius 2 is 1.73 bits per heavy atom. The molecule has 5 rings (SSSR count). The van der Waals surface area contributed by atoms with Crippen LogP contribution in [-0.2, 0) is 4.74 Å². The maximum Gasteiger partial charge on any atom is 0.251 e. The van der Waals surface area contributed by atoms with Crippen molar-refractivity contribution in [1.82, 2.24) is 5.32 Å². The minimum Gasteiger partial charge on any atom is -0.387 e. The number of rotatable bonds is 5. The number of amides is 1. The highest BCUT2D eigenvalue weighted by atomic mass is 16.5. The average Bonchev–Trinajstić information content (AvgIpc) is 3.08. The van der Waals surface area contributed by atoms with Crippen LogP contribution in [0.15, 0.2) is 30.3 Å². The van der Waals surface area contributed by atoms with E-state index in [0.29, 0.717) is 29.3 Å². The van der Waals surface area contributed by atoms with Gasteiger partial charge in [0.05, 0.1) is 12.2 Å². The second-order valence-corrected chi connectivity index (χ2v) is 12.4. The molecular formula is C29H43NO3. The monoisotopic (exact) mass is 453 g/mol. The molecule has 4 aliphatic rings. The molecule has 4 fully saturated rings. The summed E-state index contributed by atoms with van der Waals surface area (Å²) >= 11 is 0. The fourth-order valence-electron chi connectivity index (χ4n) is 9.15. The highest BCUT2D eigenvalue weighted by Gasteiger charge is 2.63. The summed E-state index contributed by atoms with van der Waals surface area (Å²) < 4.78 is 5.36. The van der Waals surface area contributed by atoms with E-state index in [1.54, 1.807) is 7.11 Å². The van der Waals surface area contributed by atoms with Crippen LogP contribution < -0.4 is 5.32 Å². The summed E-state index contributed by atoms with van der Waals surface area (Å²) in [7, 11) is 1.71. The van der Waals surface area contributed by atoms with Crippen LogP contribution in [0.3, 0.4) is 0 Å². The van der Waals surface area contributed by atoms with E-state index in [1.165, 1.54) is 38.5 Å². The molecule has 1 aromatic rings. The van der Waals surface area contributed by atoms with Gasteiger partial charge in [0.25, 0.3) is 5.91 Å². The Labute approximate surface area is 199 Å². The zero-order valence-electron chi connectivity index (χ0n) is 20.8. The van der Waals surface area contributed by atoms with Crippen molar-refractivity contribution in [2.24, 2.45) is 40.4 Å². The Morgan fingerprint density at radius 3 is 2.48 bits per heavy atom. The third kappa shape index (κ3) is 3.86. The first-order chi connectivity index (χ1) is 15.8. The Bertz CT molecular complexity index is 858. The van der Waals surface area contributed by atoms with Crippen molar-refractivity contribution in [1.29, 1.82) is 0 Å². The number of hydrogen-bond donors (Lipinski definition) is 2. The summed E-state index contributed by atoms with van der Waals surface area (Å²) in [6.45, 7) is 6.41. The standard InChI is InChI=1S/C29H43NO3/c1-27-15-12-24-23-13-16-29(32,19-33-3)17-21(23)9-10-25(24)28(27,2)14-11-22(27)18-30-26(31)20-7-5-4-6-8-20/h4-8,21-25,32H,9-19H2,1-3H3,(H,30,31)/t21-,22-,23+,24-,25-,27-,28+,29-/m1/s1. The van der Waals surface area contributed by atoms with Gasteiger partial charge in [-0.3, -0.25) is 4.79 Å².